The van der Waals surface area contributed by atoms with Crippen LogP contribution in [0.4, 0.5) is 11.8 Å². The van der Waals surface area contributed by atoms with Crippen molar-refractivity contribution >= 4 is 22.9 Å². The van der Waals surface area contributed by atoms with Gasteiger partial charge in [-0.25, -0.2) is 9.97 Å². The van der Waals surface area contributed by atoms with Gasteiger partial charge < -0.3 is 24.4 Å². The second-order valence-electron chi connectivity index (χ2n) is 7.24. The molecule has 1 aliphatic heterocycles. The summed E-state index contributed by atoms with van der Waals surface area (Å²) in [5, 5.41) is 8.52. The van der Waals surface area contributed by atoms with Crippen LogP contribution in [0.15, 0.2) is 29.0 Å². The lowest BCUT2D eigenvalue weighted by atomic mass is 10.1. The topological polar surface area (TPSA) is 92.4 Å². The van der Waals surface area contributed by atoms with E-state index in [1.54, 1.807) is 13.3 Å². The van der Waals surface area contributed by atoms with E-state index >= 15 is 0 Å². The molecule has 1 N–H and O–H groups in total. The van der Waals surface area contributed by atoms with E-state index in [-0.39, 0.29) is 12.1 Å². The molecule has 0 spiro atoms. The third-order valence-corrected chi connectivity index (χ3v) is 5.06. The van der Waals surface area contributed by atoms with E-state index < -0.39 is 0 Å². The average molecular weight is 383 g/mol. The Bertz CT molecular complexity index is 958. The Morgan fingerprint density at radius 1 is 1.32 bits per heavy atom. The predicted molar refractivity (Wildman–Crippen MR) is 107 cm³/mol. The highest BCUT2D eigenvalue weighted by Crippen LogP contribution is 2.22. The molecule has 1 fully saturated rings. The molecule has 4 rings (SSSR count). The predicted octanol–water partition coefficient (Wildman–Crippen LogP) is 1.38. The summed E-state index contributed by atoms with van der Waals surface area (Å²) in [7, 11) is 5.63. The van der Waals surface area contributed by atoms with Gasteiger partial charge in [-0.3, -0.25) is 0 Å². The number of aryl methyl sites for hydroxylation is 1. The second-order valence-corrected chi connectivity index (χ2v) is 7.24. The van der Waals surface area contributed by atoms with Crippen molar-refractivity contribution in [3.05, 3.63) is 35.8 Å². The van der Waals surface area contributed by atoms with Crippen molar-refractivity contribution in [1.82, 2.24) is 25.4 Å². The lowest BCUT2D eigenvalue weighted by Crippen LogP contribution is -2.39. The molecule has 0 saturated carbocycles. The number of fused-ring (bicyclic) bond motifs is 1. The highest BCUT2D eigenvalue weighted by atomic mass is 16.5. The highest BCUT2D eigenvalue weighted by Gasteiger charge is 2.33. The van der Waals surface area contributed by atoms with E-state index in [1.165, 1.54) is 0 Å². The third kappa shape index (κ3) is 3.63. The minimum absolute atomic E-state index is 0.0757. The molecule has 28 heavy (non-hydrogen) atoms. The number of methoxy groups -OCH3 is 1. The van der Waals surface area contributed by atoms with Crippen molar-refractivity contribution in [1.29, 1.82) is 0 Å². The van der Waals surface area contributed by atoms with Crippen molar-refractivity contribution in [2.24, 2.45) is 0 Å². The van der Waals surface area contributed by atoms with E-state index in [0.717, 1.165) is 35.6 Å². The molecule has 0 aliphatic carbocycles. The molecule has 2 atom stereocenters. The maximum absolute atomic E-state index is 5.72. The van der Waals surface area contributed by atoms with Crippen molar-refractivity contribution < 1.29 is 9.26 Å². The Balaban J connectivity index is 1.45. The number of hydrogen-bond donors (Lipinski definition) is 1. The minimum Gasteiger partial charge on any atom is -0.378 e. The Morgan fingerprint density at radius 3 is 2.96 bits per heavy atom. The molecule has 0 bridgehead atoms. The van der Waals surface area contributed by atoms with E-state index in [0.29, 0.717) is 18.2 Å². The Kier molecular flexibility index (Phi) is 5.10. The number of nitrogens with zero attached hydrogens (tertiary/aromatic N) is 6. The fourth-order valence-corrected chi connectivity index (χ4v) is 3.46. The van der Waals surface area contributed by atoms with Crippen LogP contribution in [-0.2, 0) is 11.3 Å². The molecule has 9 nitrogen and oxygen atoms in total. The van der Waals surface area contributed by atoms with Gasteiger partial charge in [0, 0.05) is 53.2 Å². The van der Waals surface area contributed by atoms with Gasteiger partial charge in [-0.2, -0.15) is 4.98 Å². The van der Waals surface area contributed by atoms with E-state index in [2.05, 4.69) is 36.4 Å². The molecular formula is C19H25N7O2. The lowest BCUT2D eigenvalue weighted by molar-refractivity contribution is 0.0966. The number of hydrogen-bond acceptors (Lipinski definition) is 9. The van der Waals surface area contributed by atoms with Crippen molar-refractivity contribution in [2.75, 3.05) is 44.1 Å². The van der Waals surface area contributed by atoms with Crippen molar-refractivity contribution in [3.63, 3.8) is 0 Å². The largest absolute Gasteiger partial charge is 0.378 e. The van der Waals surface area contributed by atoms with Gasteiger partial charge in [-0.05, 0) is 24.6 Å². The zero-order valence-electron chi connectivity index (χ0n) is 16.6. The molecule has 1 aliphatic rings. The molecule has 0 amide bonds. The van der Waals surface area contributed by atoms with Gasteiger partial charge in [-0.15, -0.1) is 0 Å². The summed E-state index contributed by atoms with van der Waals surface area (Å²) >= 11 is 0. The Labute approximate surface area is 163 Å². The van der Waals surface area contributed by atoms with Gasteiger partial charge in [0.25, 0.3) is 5.71 Å². The summed E-state index contributed by atoms with van der Waals surface area (Å²) in [5.41, 5.74) is 2.51. The maximum Gasteiger partial charge on any atom is 0.257 e. The molecule has 4 heterocycles. The maximum atomic E-state index is 5.72. The van der Waals surface area contributed by atoms with Crippen molar-refractivity contribution in [2.45, 2.75) is 25.6 Å². The number of ether oxygens (including phenoxy) is 1. The van der Waals surface area contributed by atoms with Gasteiger partial charge in [0.2, 0.25) is 5.95 Å². The monoisotopic (exact) mass is 383 g/mol. The van der Waals surface area contributed by atoms with E-state index in [1.807, 2.05) is 38.2 Å². The molecule has 9 heteroatoms. The third-order valence-electron chi connectivity index (χ3n) is 5.06. The van der Waals surface area contributed by atoms with Gasteiger partial charge in [-0.1, -0.05) is 5.16 Å². The zero-order chi connectivity index (χ0) is 19.7. The molecule has 0 aromatic carbocycles. The fraction of sp³-hybridized carbons (Fsp3) is 0.474. The normalized spacial score (nSPS) is 19.5. The quantitative estimate of drug-likeness (QED) is 0.677. The Hall–Kier alpha value is -2.78. The fourth-order valence-electron chi connectivity index (χ4n) is 3.46. The van der Waals surface area contributed by atoms with Crippen LogP contribution in [0.3, 0.4) is 0 Å². The van der Waals surface area contributed by atoms with Crippen LogP contribution in [0.2, 0.25) is 0 Å². The number of nitrogens with one attached hydrogen (secondary N) is 1. The first-order valence-electron chi connectivity index (χ1n) is 9.27. The number of anilines is 2. The van der Waals surface area contributed by atoms with Crippen LogP contribution in [0.5, 0.6) is 0 Å². The van der Waals surface area contributed by atoms with Crippen LogP contribution in [0.1, 0.15) is 11.3 Å². The van der Waals surface area contributed by atoms with E-state index in [4.69, 9.17) is 9.26 Å². The Morgan fingerprint density at radius 2 is 2.18 bits per heavy atom. The molecular weight excluding hydrogens is 358 g/mol. The summed E-state index contributed by atoms with van der Waals surface area (Å²) in [4.78, 5) is 17.4. The van der Waals surface area contributed by atoms with Gasteiger partial charge in [0.1, 0.15) is 5.82 Å². The number of rotatable bonds is 6. The number of aromatic nitrogens is 4. The summed E-state index contributed by atoms with van der Waals surface area (Å²) < 4.78 is 10.9. The number of pyridine rings is 1. The first-order valence-corrected chi connectivity index (χ1v) is 9.27. The summed E-state index contributed by atoms with van der Waals surface area (Å²) in [5.74, 6) is 1.61. The highest BCUT2D eigenvalue weighted by molar-refractivity contribution is 5.75. The standard InChI is InChI=1S/C19H25N7O2/c1-12-14-7-13(9-22-18(14)28-24-12)8-21-15-10-26(11-16(15)27-4)17-5-6-20-19(23-17)25(2)3/h5-7,9,15-16,21H,8,10-11H2,1-4H3/t15-,16+/m0/s1. The second kappa shape index (κ2) is 7.69. The molecule has 148 valence electrons. The van der Waals surface area contributed by atoms with E-state index in [9.17, 15) is 0 Å². The molecule has 0 radical (unpaired) electrons. The van der Waals surface area contributed by atoms with Gasteiger partial charge in [0.15, 0.2) is 0 Å². The van der Waals surface area contributed by atoms with Gasteiger partial charge >= 0.3 is 0 Å². The average Bonchev–Trinajstić information content (AvgIpc) is 3.30. The van der Waals surface area contributed by atoms with Crippen LogP contribution in [-0.4, -0.2) is 66.5 Å². The van der Waals surface area contributed by atoms with Crippen molar-refractivity contribution in [3.8, 4) is 0 Å². The summed E-state index contributed by atoms with van der Waals surface area (Å²) in [6.45, 7) is 4.20. The van der Waals surface area contributed by atoms with Crippen LogP contribution < -0.4 is 15.1 Å². The molecule has 3 aromatic heterocycles. The SMILES string of the molecule is CO[C@@H]1CN(c2ccnc(N(C)C)n2)C[C@@H]1NCc1cnc2onc(C)c2c1. The van der Waals surface area contributed by atoms with Gasteiger partial charge in [0.05, 0.1) is 23.2 Å². The van der Waals surface area contributed by atoms with Crippen LogP contribution in [0.25, 0.3) is 11.1 Å². The minimum atomic E-state index is 0.0757. The lowest BCUT2D eigenvalue weighted by Gasteiger charge is -2.19. The molecule has 3 aromatic rings. The first kappa shape index (κ1) is 18.6. The zero-order valence-corrected chi connectivity index (χ0v) is 16.6. The molecule has 0 unspecified atom stereocenters. The first-order chi connectivity index (χ1) is 13.5. The van der Waals surface area contributed by atoms with Crippen LogP contribution in [0, 0.1) is 6.92 Å². The summed E-state index contributed by atoms with van der Waals surface area (Å²) in [6.07, 6.45) is 3.69. The smallest absolute Gasteiger partial charge is 0.257 e. The molecule has 1 saturated heterocycles. The van der Waals surface area contributed by atoms with Crippen LogP contribution >= 0.6 is 0 Å². The summed E-state index contributed by atoms with van der Waals surface area (Å²) in [6, 6.07) is 4.19.